The van der Waals surface area contributed by atoms with E-state index in [4.69, 9.17) is 11.6 Å². The summed E-state index contributed by atoms with van der Waals surface area (Å²) in [6.45, 7) is 2.67. The van der Waals surface area contributed by atoms with Gasteiger partial charge in [-0.3, -0.25) is 4.79 Å². The molecule has 1 amide bonds. The average molecular weight is 275 g/mol. The Bertz CT molecular complexity index is 567. The van der Waals surface area contributed by atoms with Gasteiger partial charge in [0.15, 0.2) is 0 Å². The van der Waals surface area contributed by atoms with Crippen LogP contribution in [0.2, 0.25) is 5.15 Å². The van der Waals surface area contributed by atoms with Crippen molar-refractivity contribution in [2.45, 2.75) is 13.3 Å². The summed E-state index contributed by atoms with van der Waals surface area (Å²) >= 11 is 5.68. The van der Waals surface area contributed by atoms with E-state index in [2.05, 4.69) is 29.4 Å². The number of carbonyl (C=O) groups excluding carboxylic acids is 1. The third-order valence-corrected chi connectivity index (χ3v) is 3.15. The molecule has 0 atom stereocenters. The minimum Gasteiger partial charge on any atom is -0.352 e. The van der Waals surface area contributed by atoms with Crippen LogP contribution in [0.5, 0.6) is 0 Å². The van der Waals surface area contributed by atoms with E-state index in [1.807, 2.05) is 12.1 Å². The third kappa shape index (κ3) is 3.80. The van der Waals surface area contributed by atoms with Crippen LogP contribution in [0.1, 0.15) is 21.5 Å². The smallest absolute Gasteiger partial charge is 0.252 e. The summed E-state index contributed by atoms with van der Waals surface area (Å²) in [6.07, 6.45) is 2.30. The average Bonchev–Trinajstić information content (AvgIpc) is 2.41. The van der Waals surface area contributed by atoms with Crippen molar-refractivity contribution < 1.29 is 4.79 Å². The van der Waals surface area contributed by atoms with Crippen LogP contribution in [-0.2, 0) is 6.42 Å². The van der Waals surface area contributed by atoms with Gasteiger partial charge in [-0.2, -0.15) is 0 Å². The normalized spacial score (nSPS) is 10.2. The fourth-order valence-corrected chi connectivity index (χ4v) is 1.93. The van der Waals surface area contributed by atoms with Crippen molar-refractivity contribution in [2.24, 2.45) is 0 Å². The molecule has 3 nitrogen and oxygen atoms in total. The summed E-state index contributed by atoms with van der Waals surface area (Å²) in [6, 6.07) is 11.4. The number of rotatable bonds is 4. The van der Waals surface area contributed by atoms with Gasteiger partial charge in [-0.25, -0.2) is 4.98 Å². The van der Waals surface area contributed by atoms with Crippen molar-refractivity contribution in [1.29, 1.82) is 0 Å². The zero-order valence-corrected chi connectivity index (χ0v) is 11.4. The largest absolute Gasteiger partial charge is 0.352 e. The maximum Gasteiger partial charge on any atom is 0.252 e. The van der Waals surface area contributed by atoms with Gasteiger partial charge in [0.25, 0.3) is 5.91 Å². The van der Waals surface area contributed by atoms with Crippen molar-refractivity contribution in [3.05, 3.63) is 64.4 Å². The number of pyridine rings is 1. The second kappa shape index (κ2) is 6.34. The number of amides is 1. The van der Waals surface area contributed by atoms with E-state index in [1.54, 1.807) is 12.1 Å². The molecule has 1 N–H and O–H groups in total. The lowest BCUT2D eigenvalue weighted by molar-refractivity contribution is 0.0954. The number of halogens is 1. The predicted octanol–water partition coefficient (Wildman–Crippen LogP) is 3.02. The Kier molecular flexibility index (Phi) is 4.53. The molecule has 0 aliphatic carbocycles. The van der Waals surface area contributed by atoms with Gasteiger partial charge >= 0.3 is 0 Å². The number of benzene rings is 1. The van der Waals surface area contributed by atoms with Gasteiger partial charge < -0.3 is 5.32 Å². The van der Waals surface area contributed by atoms with Crippen LogP contribution in [0.15, 0.2) is 42.6 Å². The van der Waals surface area contributed by atoms with Gasteiger partial charge in [0.05, 0.1) is 5.56 Å². The van der Waals surface area contributed by atoms with Crippen molar-refractivity contribution in [3.63, 3.8) is 0 Å². The fraction of sp³-hybridized carbons (Fsp3) is 0.200. The molecule has 1 aromatic heterocycles. The van der Waals surface area contributed by atoms with E-state index >= 15 is 0 Å². The molecule has 2 aromatic rings. The number of carbonyl (C=O) groups is 1. The highest BCUT2D eigenvalue weighted by Crippen LogP contribution is 2.08. The molecule has 1 heterocycles. The van der Waals surface area contributed by atoms with Crippen molar-refractivity contribution in [2.75, 3.05) is 6.54 Å². The van der Waals surface area contributed by atoms with E-state index in [0.717, 1.165) is 6.42 Å². The van der Waals surface area contributed by atoms with Gasteiger partial charge in [-0.1, -0.05) is 35.9 Å². The van der Waals surface area contributed by atoms with Crippen LogP contribution in [0, 0.1) is 6.92 Å². The highest BCUT2D eigenvalue weighted by atomic mass is 35.5. The molecule has 2 rings (SSSR count). The molecule has 0 aliphatic heterocycles. The predicted molar refractivity (Wildman–Crippen MR) is 76.5 cm³/mol. The molecule has 0 radical (unpaired) electrons. The van der Waals surface area contributed by atoms with Crippen LogP contribution in [-0.4, -0.2) is 17.4 Å². The minimum absolute atomic E-state index is 0.127. The topological polar surface area (TPSA) is 42.0 Å². The highest BCUT2D eigenvalue weighted by Gasteiger charge is 2.05. The first kappa shape index (κ1) is 13.6. The molecule has 0 saturated heterocycles. The molecule has 98 valence electrons. The summed E-state index contributed by atoms with van der Waals surface area (Å²) in [5, 5.41) is 3.26. The molecule has 0 fully saturated rings. The lowest BCUT2D eigenvalue weighted by Gasteiger charge is -2.07. The standard InChI is InChI=1S/C15H15ClN2O/c1-11-4-2-3-5-12(11)8-9-17-15(19)13-6-7-14(16)18-10-13/h2-7,10H,8-9H2,1H3,(H,17,19). The Morgan fingerprint density at radius 2 is 2.05 bits per heavy atom. The van der Waals surface area contributed by atoms with E-state index in [1.165, 1.54) is 17.3 Å². The molecule has 1 aromatic carbocycles. The summed E-state index contributed by atoms with van der Waals surface area (Å²) in [4.78, 5) is 15.7. The van der Waals surface area contributed by atoms with E-state index in [9.17, 15) is 4.79 Å². The summed E-state index contributed by atoms with van der Waals surface area (Å²) in [7, 11) is 0. The third-order valence-electron chi connectivity index (χ3n) is 2.93. The van der Waals surface area contributed by atoms with Crippen LogP contribution in [0.4, 0.5) is 0 Å². The number of nitrogens with one attached hydrogen (secondary N) is 1. The number of hydrogen-bond acceptors (Lipinski definition) is 2. The Hall–Kier alpha value is -1.87. The van der Waals surface area contributed by atoms with Gasteiger partial charge in [-0.05, 0) is 36.6 Å². The Morgan fingerprint density at radius 3 is 2.74 bits per heavy atom. The number of nitrogens with zero attached hydrogens (tertiary/aromatic N) is 1. The quantitative estimate of drug-likeness (QED) is 0.871. The maximum absolute atomic E-state index is 11.8. The molecule has 0 saturated carbocycles. The fourth-order valence-electron chi connectivity index (χ4n) is 1.81. The second-order valence-electron chi connectivity index (χ2n) is 4.30. The minimum atomic E-state index is -0.127. The molecular formula is C15H15ClN2O. The molecular weight excluding hydrogens is 260 g/mol. The van der Waals surface area contributed by atoms with Gasteiger partial charge in [0.2, 0.25) is 0 Å². The number of aromatic nitrogens is 1. The first-order chi connectivity index (χ1) is 9.16. The number of aryl methyl sites for hydroxylation is 1. The molecule has 19 heavy (non-hydrogen) atoms. The molecule has 0 aliphatic rings. The van der Waals surface area contributed by atoms with Crippen molar-refractivity contribution in [3.8, 4) is 0 Å². The summed E-state index contributed by atoms with van der Waals surface area (Å²) < 4.78 is 0. The van der Waals surface area contributed by atoms with Crippen molar-refractivity contribution in [1.82, 2.24) is 10.3 Å². The van der Waals surface area contributed by atoms with Crippen LogP contribution < -0.4 is 5.32 Å². The Labute approximate surface area is 117 Å². The summed E-state index contributed by atoms with van der Waals surface area (Å²) in [5.74, 6) is -0.127. The SMILES string of the molecule is Cc1ccccc1CCNC(=O)c1ccc(Cl)nc1. The molecule has 4 heteroatoms. The second-order valence-corrected chi connectivity index (χ2v) is 4.69. The monoisotopic (exact) mass is 274 g/mol. The van der Waals surface area contributed by atoms with Crippen molar-refractivity contribution >= 4 is 17.5 Å². The molecule has 0 spiro atoms. The van der Waals surface area contributed by atoms with E-state index < -0.39 is 0 Å². The lowest BCUT2D eigenvalue weighted by atomic mass is 10.1. The number of hydrogen-bond donors (Lipinski definition) is 1. The van der Waals surface area contributed by atoms with Gasteiger partial charge in [0, 0.05) is 12.7 Å². The summed E-state index contributed by atoms with van der Waals surface area (Å²) in [5.41, 5.74) is 3.01. The maximum atomic E-state index is 11.8. The van der Waals surface area contributed by atoms with Crippen LogP contribution in [0.3, 0.4) is 0 Å². The van der Waals surface area contributed by atoms with E-state index in [-0.39, 0.29) is 5.91 Å². The van der Waals surface area contributed by atoms with Crippen LogP contribution in [0.25, 0.3) is 0 Å². The first-order valence-electron chi connectivity index (χ1n) is 6.11. The molecule has 0 bridgehead atoms. The zero-order valence-electron chi connectivity index (χ0n) is 10.7. The Balaban J connectivity index is 1.88. The first-order valence-corrected chi connectivity index (χ1v) is 6.49. The van der Waals surface area contributed by atoms with E-state index in [0.29, 0.717) is 17.3 Å². The highest BCUT2D eigenvalue weighted by molar-refractivity contribution is 6.29. The Morgan fingerprint density at radius 1 is 1.26 bits per heavy atom. The lowest BCUT2D eigenvalue weighted by Crippen LogP contribution is -2.25. The van der Waals surface area contributed by atoms with Gasteiger partial charge in [0.1, 0.15) is 5.15 Å². The van der Waals surface area contributed by atoms with Crippen LogP contribution >= 0.6 is 11.6 Å². The zero-order chi connectivity index (χ0) is 13.7. The van der Waals surface area contributed by atoms with Gasteiger partial charge in [-0.15, -0.1) is 0 Å². The molecule has 0 unspecified atom stereocenters.